The summed E-state index contributed by atoms with van der Waals surface area (Å²) in [5.74, 6) is 1.44. The Hall–Kier alpha value is -2.23. The highest BCUT2D eigenvalue weighted by Gasteiger charge is 2.07. The maximum atomic E-state index is 4.64. The highest BCUT2D eigenvalue weighted by Crippen LogP contribution is 2.18. The fourth-order valence-electron chi connectivity index (χ4n) is 2.15. The molecule has 4 heteroatoms. The minimum absolute atomic E-state index is 0.552. The molecule has 0 saturated heterocycles. The van der Waals surface area contributed by atoms with Gasteiger partial charge in [0.25, 0.3) is 0 Å². The number of pyridine rings is 1. The van der Waals surface area contributed by atoms with Crippen LogP contribution in [0.25, 0.3) is 16.9 Å². The van der Waals surface area contributed by atoms with Crippen molar-refractivity contribution < 1.29 is 0 Å². The second kappa shape index (κ2) is 4.80. The summed E-state index contributed by atoms with van der Waals surface area (Å²) in [5.41, 5.74) is 2.98. The third-order valence-corrected chi connectivity index (χ3v) is 2.98. The summed E-state index contributed by atoms with van der Waals surface area (Å²) >= 11 is 0. The third kappa shape index (κ3) is 2.34. The van der Waals surface area contributed by atoms with Gasteiger partial charge in [0.05, 0.1) is 23.1 Å². The number of aromatic nitrogens is 4. The van der Waals surface area contributed by atoms with Crippen molar-refractivity contribution in [3.05, 3.63) is 48.5 Å². The van der Waals surface area contributed by atoms with E-state index in [1.165, 1.54) is 0 Å². The molecule has 3 rings (SSSR count). The summed E-state index contributed by atoms with van der Waals surface area (Å²) in [4.78, 5) is 8.97. The first-order valence-corrected chi connectivity index (χ1v) is 6.49. The van der Waals surface area contributed by atoms with E-state index in [2.05, 4.69) is 28.9 Å². The summed E-state index contributed by atoms with van der Waals surface area (Å²) in [5, 5.41) is 4.34. The maximum Gasteiger partial charge on any atom is 0.129 e. The van der Waals surface area contributed by atoms with E-state index in [-0.39, 0.29) is 0 Å². The van der Waals surface area contributed by atoms with Gasteiger partial charge in [-0.1, -0.05) is 19.9 Å². The van der Waals surface area contributed by atoms with Crippen LogP contribution in [0, 0.1) is 5.92 Å². The van der Waals surface area contributed by atoms with E-state index in [1.807, 2.05) is 41.0 Å². The number of hydrogen-bond acceptors (Lipinski definition) is 3. The molecule has 0 saturated carbocycles. The fraction of sp³-hybridized carbons (Fsp3) is 0.267. The van der Waals surface area contributed by atoms with Gasteiger partial charge in [0, 0.05) is 12.6 Å². The maximum absolute atomic E-state index is 4.64. The molecule has 3 aromatic heterocycles. The Labute approximate surface area is 112 Å². The van der Waals surface area contributed by atoms with Crippen LogP contribution in [0.1, 0.15) is 19.7 Å². The van der Waals surface area contributed by atoms with Crippen molar-refractivity contribution >= 4 is 5.52 Å². The highest BCUT2D eigenvalue weighted by molar-refractivity contribution is 5.60. The Kier molecular flexibility index (Phi) is 2.99. The standard InChI is InChI=1S/C15H16N4/c1-11(2)10-15-16-8-7-13(18-15)14-5-3-4-12-6-9-17-19(12)14/h3-9,11H,10H2,1-2H3. The second-order valence-corrected chi connectivity index (χ2v) is 5.03. The minimum Gasteiger partial charge on any atom is -0.241 e. The van der Waals surface area contributed by atoms with Crippen LogP contribution in [0.5, 0.6) is 0 Å². The van der Waals surface area contributed by atoms with Crippen LogP contribution >= 0.6 is 0 Å². The molecule has 0 aliphatic heterocycles. The van der Waals surface area contributed by atoms with Gasteiger partial charge in [0.2, 0.25) is 0 Å². The van der Waals surface area contributed by atoms with E-state index < -0.39 is 0 Å². The first-order chi connectivity index (χ1) is 9.24. The predicted molar refractivity (Wildman–Crippen MR) is 74.8 cm³/mol. The molecule has 96 valence electrons. The van der Waals surface area contributed by atoms with Crippen molar-refractivity contribution in [1.29, 1.82) is 0 Å². The molecule has 0 amide bonds. The zero-order valence-electron chi connectivity index (χ0n) is 11.1. The number of fused-ring (bicyclic) bond motifs is 1. The van der Waals surface area contributed by atoms with Gasteiger partial charge < -0.3 is 0 Å². The Morgan fingerprint density at radius 3 is 2.84 bits per heavy atom. The molecule has 0 N–H and O–H groups in total. The summed E-state index contributed by atoms with van der Waals surface area (Å²) < 4.78 is 1.90. The molecule has 0 fully saturated rings. The lowest BCUT2D eigenvalue weighted by Gasteiger charge is -2.07. The number of hydrogen-bond donors (Lipinski definition) is 0. The lowest BCUT2D eigenvalue weighted by atomic mass is 10.1. The Morgan fingerprint density at radius 1 is 1.11 bits per heavy atom. The number of nitrogens with zero attached hydrogens (tertiary/aromatic N) is 4. The average Bonchev–Trinajstić information content (AvgIpc) is 2.86. The minimum atomic E-state index is 0.552. The van der Waals surface area contributed by atoms with Crippen LogP contribution in [0.2, 0.25) is 0 Å². The lowest BCUT2D eigenvalue weighted by Crippen LogP contribution is -2.03. The van der Waals surface area contributed by atoms with Gasteiger partial charge >= 0.3 is 0 Å². The SMILES string of the molecule is CC(C)Cc1nccc(-c2cccc3ccnn23)n1. The lowest BCUT2D eigenvalue weighted by molar-refractivity contribution is 0.621. The number of rotatable bonds is 3. The second-order valence-electron chi connectivity index (χ2n) is 5.03. The molecule has 0 spiro atoms. The van der Waals surface area contributed by atoms with Gasteiger partial charge in [-0.3, -0.25) is 0 Å². The summed E-state index contributed by atoms with van der Waals surface area (Å²) in [7, 11) is 0. The highest BCUT2D eigenvalue weighted by atomic mass is 15.2. The van der Waals surface area contributed by atoms with Crippen molar-refractivity contribution in [2.45, 2.75) is 20.3 Å². The van der Waals surface area contributed by atoms with Crippen molar-refractivity contribution in [3.8, 4) is 11.4 Å². The first kappa shape index (κ1) is 11.8. The third-order valence-electron chi connectivity index (χ3n) is 2.98. The monoisotopic (exact) mass is 252 g/mol. The Bertz CT molecular complexity index is 700. The van der Waals surface area contributed by atoms with Gasteiger partial charge in [-0.2, -0.15) is 5.10 Å². The van der Waals surface area contributed by atoms with E-state index in [0.29, 0.717) is 5.92 Å². The van der Waals surface area contributed by atoms with Gasteiger partial charge in [-0.25, -0.2) is 14.5 Å². The molecule has 0 aliphatic rings. The molecule has 0 aliphatic carbocycles. The molecule has 3 aromatic rings. The first-order valence-electron chi connectivity index (χ1n) is 6.49. The van der Waals surface area contributed by atoms with Crippen LogP contribution in [0.3, 0.4) is 0 Å². The van der Waals surface area contributed by atoms with E-state index in [0.717, 1.165) is 29.1 Å². The van der Waals surface area contributed by atoms with Gasteiger partial charge in [0.1, 0.15) is 5.82 Å². The quantitative estimate of drug-likeness (QED) is 0.719. The molecule has 0 bridgehead atoms. The smallest absolute Gasteiger partial charge is 0.129 e. The van der Waals surface area contributed by atoms with Gasteiger partial charge in [-0.05, 0) is 30.2 Å². The van der Waals surface area contributed by atoms with Crippen molar-refractivity contribution in [1.82, 2.24) is 19.6 Å². The molecular formula is C15H16N4. The van der Waals surface area contributed by atoms with Gasteiger partial charge in [-0.15, -0.1) is 0 Å². The Balaban J connectivity index is 2.08. The molecule has 0 atom stereocenters. The average molecular weight is 252 g/mol. The zero-order chi connectivity index (χ0) is 13.2. The van der Waals surface area contributed by atoms with Crippen molar-refractivity contribution in [2.24, 2.45) is 5.92 Å². The zero-order valence-corrected chi connectivity index (χ0v) is 11.1. The molecule has 3 heterocycles. The van der Waals surface area contributed by atoms with Crippen LogP contribution in [-0.2, 0) is 6.42 Å². The Morgan fingerprint density at radius 2 is 2.00 bits per heavy atom. The molecule has 19 heavy (non-hydrogen) atoms. The van der Waals surface area contributed by atoms with Crippen LogP contribution in [-0.4, -0.2) is 19.6 Å². The normalized spacial score (nSPS) is 11.3. The molecule has 0 unspecified atom stereocenters. The van der Waals surface area contributed by atoms with Crippen LogP contribution < -0.4 is 0 Å². The summed E-state index contributed by atoms with van der Waals surface area (Å²) in [6, 6.07) is 10.0. The van der Waals surface area contributed by atoms with Crippen molar-refractivity contribution in [3.63, 3.8) is 0 Å². The van der Waals surface area contributed by atoms with Crippen LogP contribution in [0.15, 0.2) is 42.7 Å². The van der Waals surface area contributed by atoms with E-state index in [4.69, 9.17) is 0 Å². The molecule has 0 aromatic carbocycles. The van der Waals surface area contributed by atoms with E-state index in [1.54, 1.807) is 6.20 Å². The van der Waals surface area contributed by atoms with E-state index in [9.17, 15) is 0 Å². The predicted octanol–water partition coefficient (Wildman–Crippen LogP) is 2.99. The topological polar surface area (TPSA) is 43.1 Å². The van der Waals surface area contributed by atoms with Gasteiger partial charge in [0.15, 0.2) is 0 Å². The molecular weight excluding hydrogens is 236 g/mol. The summed E-state index contributed by atoms with van der Waals surface area (Å²) in [6.07, 6.45) is 4.51. The van der Waals surface area contributed by atoms with Crippen molar-refractivity contribution in [2.75, 3.05) is 0 Å². The largest absolute Gasteiger partial charge is 0.241 e. The van der Waals surface area contributed by atoms with E-state index >= 15 is 0 Å². The molecule has 0 radical (unpaired) electrons. The molecule has 4 nitrogen and oxygen atoms in total. The summed E-state index contributed by atoms with van der Waals surface area (Å²) in [6.45, 7) is 4.34. The van der Waals surface area contributed by atoms with Crippen LogP contribution in [0.4, 0.5) is 0 Å². The fourth-order valence-corrected chi connectivity index (χ4v) is 2.15.